The van der Waals surface area contributed by atoms with Crippen molar-refractivity contribution >= 4 is 21.4 Å². The summed E-state index contributed by atoms with van der Waals surface area (Å²) in [4.78, 5) is 0. The van der Waals surface area contributed by atoms with Gasteiger partial charge in [0.1, 0.15) is 0 Å². The molecule has 2 heterocycles. The molecule has 2 rings (SSSR count). The zero-order chi connectivity index (χ0) is 10.7. The fourth-order valence-electron chi connectivity index (χ4n) is 1.34. The predicted molar refractivity (Wildman–Crippen MR) is 63.7 cm³/mol. The van der Waals surface area contributed by atoms with Crippen LogP contribution in [-0.2, 0) is 0 Å². The van der Waals surface area contributed by atoms with E-state index in [2.05, 4.69) is 40.9 Å². The fourth-order valence-corrected chi connectivity index (χ4v) is 2.20. The molecule has 0 atom stereocenters. The Labute approximate surface area is 93.1 Å². The highest BCUT2D eigenvalue weighted by Gasteiger charge is 2.03. The highest BCUT2D eigenvalue weighted by Crippen LogP contribution is 2.21. The van der Waals surface area contributed by atoms with Crippen LogP contribution in [-0.4, -0.2) is 9.61 Å². The number of nitrogens with zero attached hydrogens (tertiary/aromatic N) is 2. The van der Waals surface area contributed by atoms with Gasteiger partial charge in [0.05, 0.1) is 11.7 Å². The second kappa shape index (κ2) is 4.60. The van der Waals surface area contributed by atoms with Crippen molar-refractivity contribution in [1.29, 1.82) is 0 Å². The maximum atomic E-state index is 4.23. The Balaban J connectivity index is 0.000000461. The van der Waals surface area contributed by atoms with Gasteiger partial charge in [-0.2, -0.15) is 5.10 Å². The molecule has 0 saturated carbocycles. The highest BCUT2D eigenvalue weighted by molar-refractivity contribution is 9.10. The van der Waals surface area contributed by atoms with Crippen LogP contribution in [0.3, 0.4) is 0 Å². The Morgan fingerprint density at radius 3 is 2.57 bits per heavy atom. The highest BCUT2D eigenvalue weighted by atomic mass is 79.9. The first-order chi connectivity index (χ1) is 6.68. The van der Waals surface area contributed by atoms with E-state index in [0.29, 0.717) is 0 Å². The van der Waals surface area contributed by atoms with E-state index in [-0.39, 0.29) is 0 Å². The lowest BCUT2D eigenvalue weighted by Crippen LogP contribution is -1.88. The third-order valence-corrected chi connectivity index (χ3v) is 2.49. The zero-order valence-corrected chi connectivity index (χ0v) is 10.6. The average molecular weight is 255 g/mol. The maximum Gasteiger partial charge on any atom is 0.0832 e. The van der Waals surface area contributed by atoms with Crippen LogP contribution in [0.2, 0.25) is 0 Å². The van der Waals surface area contributed by atoms with Crippen LogP contribution in [0.4, 0.5) is 0 Å². The van der Waals surface area contributed by atoms with Crippen LogP contribution in [0, 0.1) is 13.8 Å². The molecule has 2 aromatic heterocycles. The van der Waals surface area contributed by atoms with E-state index in [1.165, 1.54) is 11.1 Å². The summed E-state index contributed by atoms with van der Waals surface area (Å²) in [7, 11) is 0. The number of rotatable bonds is 0. The Hall–Kier alpha value is -0.830. The van der Waals surface area contributed by atoms with Crippen molar-refractivity contribution in [1.82, 2.24) is 9.61 Å². The number of aromatic nitrogens is 2. The standard InChI is InChI=1S/C9H9BrN2.C2H6/c1-6-3-8(10)9-7(2)4-11-12(9)5-6;1-2/h3-5H,1-2H3;1-2H3. The van der Waals surface area contributed by atoms with Crippen LogP contribution in [0.1, 0.15) is 25.0 Å². The zero-order valence-electron chi connectivity index (χ0n) is 9.00. The number of hydrogen-bond acceptors (Lipinski definition) is 1. The van der Waals surface area contributed by atoms with Gasteiger partial charge in [-0.15, -0.1) is 0 Å². The van der Waals surface area contributed by atoms with Gasteiger partial charge in [0.15, 0.2) is 0 Å². The summed E-state index contributed by atoms with van der Waals surface area (Å²) in [6, 6.07) is 2.10. The molecule has 2 aromatic rings. The van der Waals surface area contributed by atoms with Crippen LogP contribution >= 0.6 is 15.9 Å². The molecule has 0 spiro atoms. The summed E-state index contributed by atoms with van der Waals surface area (Å²) in [5.74, 6) is 0. The first-order valence-electron chi connectivity index (χ1n) is 4.78. The molecule has 0 aromatic carbocycles. The molecule has 2 nitrogen and oxygen atoms in total. The van der Waals surface area contributed by atoms with Crippen molar-refractivity contribution in [3.05, 3.63) is 34.1 Å². The molecule has 3 heteroatoms. The van der Waals surface area contributed by atoms with Crippen molar-refractivity contribution in [3.8, 4) is 0 Å². The first kappa shape index (κ1) is 11.2. The largest absolute Gasteiger partial charge is 0.239 e. The van der Waals surface area contributed by atoms with Crippen LogP contribution in [0.5, 0.6) is 0 Å². The van der Waals surface area contributed by atoms with Gasteiger partial charge in [-0.25, -0.2) is 4.52 Å². The Morgan fingerprint density at radius 1 is 1.29 bits per heavy atom. The third-order valence-electron chi connectivity index (χ3n) is 1.88. The second-order valence-electron chi connectivity index (χ2n) is 2.99. The molecule has 0 aliphatic heterocycles. The monoisotopic (exact) mass is 254 g/mol. The average Bonchev–Trinajstić information content (AvgIpc) is 2.51. The number of aryl methyl sites for hydroxylation is 2. The van der Waals surface area contributed by atoms with E-state index < -0.39 is 0 Å². The van der Waals surface area contributed by atoms with Crippen molar-refractivity contribution in [3.63, 3.8) is 0 Å². The normalized spacial score (nSPS) is 9.79. The van der Waals surface area contributed by atoms with Crippen LogP contribution in [0.25, 0.3) is 5.52 Å². The molecule has 0 unspecified atom stereocenters. The number of pyridine rings is 1. The molecule has 0 aliphatic rings. The lowest BCUT2D eigenvalue weighted by atomic mass is 10.2. The molecular weight excluding hydrogens is 240 g/mol. The van der Waals surface area contributed by atoms with Crippen molar-refractivity contribution in [2.75, 3.05) is 0 Å². The van der Waals surface area contributed by atoms with Gasteiger partial charge in [0.2, 0.25) is 0 Å². The van der Waals surface area contributed by atoms with Gasteiger partial charge in [0.25, 0.3) is 0 Å². The van der Waals surface area contributed by atoms with E-state index in [9.17, 15) is 0 Å². The van der Waals surface area contributed by atoms with E-state index >= 15 is 0 Å². The summed E-state index contributed by atoms with van der Waals surface area (Å²) >= 11 is 3.52. The summed E-state index contributed by atoms with van der Waals surface area (Å²) in [6.07, 6.45) is 3.90. The van der Waals surface area contributed by atoms with Gasteiger partial charge in [-0.05, 0) is 47.0 Å². The van der Waals surface area contributed by atoms with E-state index in [1.54, 1.807) is 0 Å². The molecule has 0 aliphatic carbocycles. The molecule has 14 heavy (non-hydrogen) atoms. The fraction of sp³-hybridized carbons (Fsp3) is 0.364. The van der Waals surface area contributed by atoms with Gasteiger partial charge < -0.3 is 0 Å². The lowest BCUT2D eigenvalue weighted by Gasteiger charge is -1.99. The summed E-state index contributed by atoms with van der Waals surface area (Å²) < 4.78 is 3.01. The maximum absolute atomic E-state index is 4.23. The van der Waals surface area contributed by atoms with Gasteiger partial charge in [-0.3, -0.25) is 0 Å². The molecule has 76 valence electrons. The van der Waals surface area contributed by atoms with E-state index in [4.69, 9.17) is 0 Å². The van der Waals surface area contributed by atoms with E-state index in [1.807, 2.05) is 30.8 Å². The molecule has 0 N–H and O–H groups in total. The number of halogens is 1. The van der Waals surface area contributed by atoms with Gasteiger partial charge in [-0.1, -0.05) is 13.8 Å². The second-order valence-corrected chi connectivity index (χ2v) is 3.84. The SMILES string of the molecule is CC.Cc1cc(Br)c2c(C)cnn2c1. The quantitative estimate of drug-likeness (QED) is 0.701. The minimum Gasteiger partial charge on any atom is -0.239 e. The Kier molecular flexibility index (Phi) is 3.69. The minimum atomic E-state index is 1.11. The summed E-state index contributed by atoms with van der Waals surface area (Å²) in [5, 5.41) is 4.23. The molecule has 0 radical (unpaired) electrons. The van der Waals surface area contributed by atoms with Crippen molar-refractivity contribution < 1.29 is 0 Å². The minimum absolute atomic E-state index is 1.11. The van der Waals surface area contributed by atoms with Crippen molar-refractivity contribution in [2.24, 2.45) is 0 Å². The third kappa shape index (κ3) is 1.98. The topological polar surface area (TPSA) is 17.3 Å². The Morgan fingerprint density at radius 2 is 1.93 bits per heavy atom. The predicted octanol–water partition coefficient (Wildman–Crippen LogP) is 3.74. The van der Waals surface area contributed by atoms with Crippen molar-refractivity contribution in [2.45, 2.75) is 27.7 Å². The first-order valence-corrected chi connectivity index (χ1v) is 5.58. The molecular formula is C11H15BrN2. The summed E-state index contributed by atoms with van der Waals surface area (Å²) in [5.41, 5.74) is 3.56. The number of fused-ring (bicyclic) bond motifs is 1. The molecule has 0 fully saturated rings. The smallest absolute Gasteiger partial charge is 0.0832 e. The molecule has 0 amide bonds. The Bertz CT molecular complexity index is 432. The van der Waals surface area contributed by atoms with Crippen LogP contribution < -0.4 is 0 Å². The molecule has 0 bridgehead atoms. The number of hydrogen-bond donors (Lipinski definition) is 0. The van der Waals surface area contributed by atoms with E-state index in [0.717, 1.165) is 9.99 Å². The molecule has 0 saturated heterocycles. The van der Waals surface area contributed by atoms with Gasteiger partial charge in [0, 0.05) is 10.7 Å². The lowest BCUT2D eigenvalue weighted by molar-refractivity contribution is 0.949. The van der Waals surface area contributed by atoms with Gasteiger partial charge >= 0.3 is 0 Å². The summed E-state index contributed by atoms with van der Waals surface area (Å²) in [6.45, 7) is 8.11. The van der Waals surface area contributed by atoms with Crippen LogP contribution in [0.15, 0.2) is 22.9 Å².